The Bertz CT molecular complexity index is 1130. The molecular weight excluding hydrogens is 382 g/mol. The summed E-state index contributed by atoms with van der Waals surface area (Å²) in [7, 11) is 0. The first kappa shape index (κ1) is 19.3. The van der Waals surface area contributed by atoms with Crippen LogP contribution in [0.25, 0.3) is 0 Å². The molecule has 0 saturated heterocycles. The van der Waals surface area contributed by atoms with Gasteiger partial charge in [0, 0.05) is 17.5 Å². The summed E-state index contributed by atoms with van der Waals surface area (Å²) in [6, 6.07) is 14.9. The van der Waals surface area contributed by atoms with Crippen molar-refractivity contribution in [3.63, 3.8) is 0 Å². The third kappa shape index (κ3) is 3.91. The van der Waals surface area contributed by atoms with Crippen LogP contribution in [-0.4, -0.2) is 29.5 Å². The Labute approximate surface area is 173 Å². The lowest BCUT2D eigenvalue weighted by atomic mass is 10.0. The van der Waals surface area contributed by atoms with Crippen LogP contribution in [0.3, 0.4) is 0 Å². The summed E-state index contributed by atoms with van der Waals surface area (Å²) in [6.07, 6.45) is 0.395. The zero-order valence-corrected chi connectivity index (χ0v) is 16.0. The molecule has 6 heteroatoms. The van der Waals surface area contributed by atoms with E-state index >= 15 is 0 Å². The molecule has 1 aliphatic heterocycles. The van der Waals surface area contributed by atoms with Crippen molar-refractivity contribution in [2.45, 2.75) is 25.5 Å². The molecule has 0 N–H and O–H groups in total. The molecule has 4 rings (SSSR count). The number of fused-ring (bicyclic) bond motifs is 2. The van der Waals surface area contributed by atoms with Crippen molar-refractivity contribution >= 4 is 29.1 Å². The molecule has 0 radical (unpaired) electrons. The Morgan fingerprint density at radius 2 is 1.53 bits per heavy atom. The van der Waals surface area contributed by atoms with Gasteiger partial charge >= 0.3 is 5.97 Å². The number of ketones is 2. The highest BCUT2D eigenvalue weighted by Crippen LogP contribution is 2.26. The first-order valence-corrected chi connectivity index (χ1v) is 9.47. The van der Waals surface area contributed by atoms with Crippen molar-refractivity contribution in [1.29, 1.82) is 0 Å². The monoisotopic (exact) mass is 399 g/mol. The fourth-order valence-electron chi connectivity index (χ4n) is 3.34. The highest BCUT2D eigenvalue weighted by Gasteiger charge is 2.32. The fraction of sp³-hybridized carbons (Fsp3) is 0.167. The van der Waals surface area contributed by atoms with Gasteiger partial charge in [-0.3, -0.25) is 19.2 Å². The van der Waals surface area contributed by atoms with Crippen LogP contribution >= 0.6 is 0 Å². The number of para-hydroxylation sites is 1. The molecule has 1 amide bonds. The van der Waals surface area contributed by atoms with Crippen molar-refractivity contribution in [2.24, 2.45) is 0 Å². The lowest BCUT2D eigenvalue weighted by Crippen LogP contribution is -2.33. The Balaban J connectivity index is 1.51. The molecule has 30 heavy (non-hydrogen) atoms. The second-order valence-electron chi connectivity index (χ2n) is 6.91. The SMILES string of the molecule is O=C(CCC(=O)N1Cc2ccccc2C#Cc2ccccc21)OC1C(=O)C=CC1=O. The van der Waals surface area contributed by atoms with Crippen LogP contribution in [-0.2, 0) is 30.5 Å². The molecule has 148 valence electrons. The quantitative estimate of drug-likeness (QED) is 0.448. The Morgan fingerprint density at radius 3 is 2.30 bits per heavy atom. The van der Waals surface area contributed by atoms with Gasteiger partial charge in [-0.15, -0.1) is 0 Å². The smallest absolute Gasteiger partial charge is 0.307 e. The Morgan fingerprint density at radius 1 is 0.900 bits per heavy atom. The van der Waals surface area contributed by atoms with Crippen LogP contribution in [0.2, 0.25) is 0 Å². The number of anilines is 1. The largest absolute Gasteiger partial charge is 0.445 e. The van der Waals surface area contributed by atoms with E-state index in [-0.39, 0.29) is 18.7 Å². The van der Waals surface area contributed by atoms with Gasteiger partial charge in [-0.2, -0.15) is 0 Å². The number of hydrogen-bond donors (Lipinski definition) is 0. The third-order valence-electron chi connectivity index (χ3n) is 4.89. The van der Waals surface area contributed by atoms with Gasteiger partial charge in [-0.1, -0.05) is 42.2 Å². The first-order chi connectivity index (χ1) is 14.5. The summed E-state index contributed by atoms with van der Waals surface area (Å²) >= 11 is 0. The molecule has 0 atom stereocenters. The molecule has 0 unspecified atom stereocenters. The van der Waals surface area contributed by atoms with E-state index in [9.17, 15) is 19.2 Å². The van der Waals surface area contributed by atoms with Crippen molar-refractivity contribution in [1.82, 2.24) is 0 Å². The zero-order chi connectivity index (χ0) is 21.1. The van der Waals surface area contributed by atoms with Crippen LogP contribution in [0.15, 0.2) is 60.7 Å². The van der Waals surface area contributed by atoms with Crippen LogP contribution in [0.4, 0.5) is 5.69 Å². The van der Waals surface area contributed by atoms with E-state index in [1.54, 1.807) is 4.90 Å². The predicted molar refractivity (Wildman–Crippen MR) is 108 cm³/mol. The Hall–Kier alpha value is -3.98. The number of esters is 1. The van der Waals surface area contributed by atoms with Gasteiger partial charge in [0.2, 0.25) is 23.6 Å². The Kier molecular flexibility index (Phi) is 5.27. The number of benzene rings is 2. The minimum Gasteiger partial charge on any atom is -0.445 e. The number of hydrogen-bond acceptors (Lipinski definition) is 5. The second kappa shape index (κ2) is 8.18. The molecule has 0 spiro atoms. The maximum atomic E-state index is 13.0. The standard InChI is InChI=1S/C24H17NO5/c26-20-11-12-21(27)24(20)30-23(29)14-13-22(28)25-15-18-7-2-1-5-16(18)9-10-17-6-3-4-8-19(17)25/h1-8,11-12,24H,13-15H2. The van der Waals surface area contributed by atoms with E-state index < -0.39 is 23.6 Å². The molecule has 0 bridgehead atoms. The molecule has 1 heterocycles. The minimum absolute atomic E-state index is 0.120. The maximum Gasteiger partial charge on any atom is 0.307 e. The number of ether oxygens (including phenoxy) is 1. The topological polar surface area (TPSA) is 80.8 Å². The molecule has 2 aliphatic rings. The summed E-state index contributed by atoms with van der Waals surface area (Å²) < 4.78 is 4.95. The number of carbonyl (C=O) groups is 4. The average molecular weight is 399 g/mol. The zero-order valence-electron chi connectivity index (χ0n) is 16.0. The molecule has 6 nitrogen and oxygen atoms in total. The van der Waals surface area contributed by atoms with Gasteiger partial charge in [0.15, 0.2) is 0 Å². The highest BCUT2D eigenvalue weighted by atomic mass is 16.5. The summed E-state index contributed by atoms with van der Waals surface area (Å²) in [5.74, 6) is 4.09. The minimum atomic E-state index is -1.42. The van der Waals surface area contributed by atoms with E-state index in [0.717, 1.165) is 28.8 Å². The molecule has 1 aliphatic carbocycles. The summed E-state index contributed by atoms with van der Waals surface area (Å²) in [4.78, 5) is 49.8. The average Bonchev–Trinajstić information content (AvgIpc) is 3.05. The van der Waals surface area contributed by atoms with E-state index in [1.807, 2.05) is 48.5 Å². The first-order valence-electron chi connectivity index (χ1n) is 9.47. The molecule has 0 saturated carbocycles. The molecule has 0 aromatic heterocycles. The molecular formula is C24H17NO5. The second-order valence-corrected chi connectivity index (χ2v) is 6.91. The van der Waals surface area contributed by atoms with Gasteiger partial charge in [-0.05, 0) is 35.9 Å². The van der Waals surface area contributed by atoms with Gasteiger partial charge in [-0.25, -0.2) is 0 Å². The van der Waals surface area contributed by atoms with Crippen LogP contribution in [0, 0.1) is 11.8 Å². The van der Waals surface area contributed by atoms with Crippen molar-refractivity contribution < 1.29 is 23.9 Å². The van der Waals surface area contributed by atoms with Crippen molar-refractivity contribution in [2.75, 3.05) is 4.90 Å². The van der Waals surface area contributed by atoms with Crippen LogP contribution < -0.4 is 4.90 Å². The number of rotatable bonds is 4. The van der Waals surface area contributed by atoms with Gasteiger partial charge < -0.3 is 9.64 Å². The molecule has 0 fully saturated rings. The summed E-state index contributed by atoms with van der Waals surface area (Å²) in [5.41, 5.74) is 3.14. The van der Waals surface area contributed by atoms with Gasteiger partial charge in [0.25, 0.3) is 0 Å². The van der Waals surface area contributed by atoms with Crippen molar-refractivity contribution in [3.05, 3.63) is 77.4 Å². The van der Waals surface area contributed by atoms with E-state index in [4.69, 9.17) is 4.74 Å². The van der Waals surface area contributed by atoms with E-state index in [2.05, 4.69) is 11.8 Å². The summed E-state index contributed by atoms with van der Waals surface area (Å²) in [6.45, 7) is 0.319. The number of nitrogens with zero attached hydrogens (tertiary/aromatic N) is 1. The van der Waals surface area contributed by atoms with E-state index in [0.29, 0.717) is 12.2 Å². The van der Waals surface area contributed by atoms with Crippen molar-refractivity contribution in [3.8, 4) is 11.8 Å². The summed E-state index contributed by atoms with van der Waals surface area (Å²) in [5, 5.41) is 0. The van der Waals surface area contributed by atoms with Gasteiger partial charge in [0.05, 0.1) is 18.7 Å². The molecule has 2 aromatic rings. The fourth-order valence-corrected chi connectivity index (χ4v) is 3.34. The maximum absolute atomic E-state index is 13.0. The molecule has 2 aromatic carbocycles. The number of amides is 1. The van der Waals surface area contributed by atoms with E-state index in [1.165, 1.54) is 0 Å². The third-order valence-corrected chi connectivity index (χ3v) is 4.89. The van der Waals surface area contributed by atoms with Crippen LogP contribution in [0.5, 0.6) is 0 Å². The normalized spacial score (nSPS) is 14.9. The highest BCUT2D eigenvalue weighted by molar-refractivity contribution is 6.21. The lowest BCUT2D eigenvalue weighted by Gasteiger charge is -2.26. The predicted octanol–water partition coefficient (Wildman–Crippen LogP) is 2.33. The number of carbonyl (C=O) groups excluding carboxylic acids is 4. The van der Waals surface area contributed by atoms with Crippen LogP contribution in [0.1, 0.15) is 29.5 Å². The lowest BCUT2D eigenvalue weighted by molar-refractivity contribution is -0.157. The van der Waals surface area contributed by atoms with Gasteiger partial charge in [0.1, 0.15) is 0 Å².